The smallest absolute Gasteiger partial charge is 0.223 e. The fourth-order valence-electron chi connectivity index (χ4n) is 2.51. The van der Waals surface area contributed by atoms with Crippen LogP contribution in [0.15, 0.2) is 24.3 Å². The summed E-state index contributed by atoms with van der Waals surface area (Å²) in [5, 5.41) is 2.81. The van der Waals surface area contributed by atoms with Crippen LogP contribution in [0.25, 0.3) is 0 Å². The van der Waals surface area contributed by atoms with Crippen LogP contribution in [0, 0.1) is 0 Å². The van der Waals surface area contributed by atoms with Gasteiger partial charge in [-0.25, -0.2) is 0 Å². The zero-order valence-electron chi connectivity index (χ0n) is 15.7. The van der Waals surface area contributed by atoms with Crippen molar-refractivity contribution in [3.63, 3.8) is 0 Å². The van der Waals surface area contributed by atoms with Gasteiger partial charge < -0.3 is 16.0 Å². The number of amides is 2. The first-order chi connectivity index (χ1) is 11.4. The minimum absolute atomic E-state index is 0. The minimum atomic E-state index is -0.242. The van der Waals surface area contributed by atoms with Crippen molar-refractivity contribution in [2.24, 2.45) is 5.73 Å². The second-order valence-corrected chi connectivity index (χ2v) is 6.30. The van der Waals surface area contributed by atoms with E-state index in [1.165, 1.54) is 5.56 Å². The molecule has 0 aliphatic carbocycles. The van der Waals surface area contributed by atoms with Crippen LogP contribution >= 0.6 is 12.4 Å². The van der Waals surface area contributed by atoms with Crippen molar-refractivity contribution in [1.82, 2.24) is 10.2 Å². The summed E-state index contributed by atoms with van der Waals surface area (Å²) in [7, 11) is 0. The SMILES string of the molecule is CCN(CC)C(=O)CCC(=O)NCC(N)c1ccc(C(C)C)cc1.Cl. The van der Waals surface area contributed by atoms with E-state index >= 15 is 0 Å². The first kappa shape index (κ1) is 23.4. The predicted molar refractivity (Wildman–Crippen MR) is 105 cm³/mol. The minimum Gasteiger partial charge on any atom is -0.354 e. The molecule has 2 amide bonds. The molecule has 0 fully saturated rings. The molecule has 0 aliphatic rings. The van der Waals surface area contributed by atoms with Crippen LogP contribution in [0.5, 0.6) is 0 Å². The summed E-state index contributed by atoms with van der Waals surface area (Å²) < 4.78 is 0. The van der Waals surface area contributed by atoms with Crippen LogP contribution in [-0.2, 0) is 9.59 Å². The molecule has 1 atom stereocenters. The van der Waals surface area contributed by atoms with Crippen molar-refractivity contribution in [3.8, 4) is 0 Å². The summed E-state index contributed by atoms with van der Waals surface area (Å²) in [6.07, 6.45) is 0.445. The van der Waals surface area contributed by atoms with Gasteiger partial charge in [0.25, 0.3) is 0 Å². The number of carbonyl (C=O) groups excluding carboxylic acids is 2. The molecule has 0 aromatic heterocycles. The zero-order valence-corrected chi connectivity index (χ0v) is 16.6. The molecule has 1 aromatic rings. The lowest BCUT2D eigenvalue weighted by Gasteiger charge is -2.18. The molecule has 1 unspecified atom stereocenters. The Bertz CT molecular complexity index is 528. The largest absolute Gasteiger partial charge is 0.354 e. The van der Waals surface area contributed by atoms with E-state index in [0.717, 1.165) is 5.56 Å². The van der Waals surface area contributed by atoms with Gasteiger partial charge in [-0.1, -0.05) is 38.1 Å². The van der Waals surface area contributed by atoms with Crippen molar-refractivity contribution in [2.75, 3.05) is 19.6 Å². The number of hydrogen-bond acceptors (Lipinski definition) is 3. The molecule has 0 saturated heterocycles. The highest BCUT2D eigenvalue weighted by Crippen LogP contribution is 2.17. The number of halogens is 1. The Morgan fingerprint density at radius 2 is 1.56 bits per heavy atom. The highest BCUT2D eigenvalue weighted by molar-refractivity contribution is 5.85. The third kappa shape index (κ3) is 7.88. The molecule has 0 saturated carbocycles. The summed E-state index contributed by atoms with van der Waals surface area (Å²) in [6, 6.07) is 7.93. The maximum atomic E-state index is 11.9. The molecule has 5 nitrogen and oxygen atoms in total. The quantitative estimate of drug-likeness (QED) is 0.702. The third-order valence-corrected chi connectivity index (χ3v) is 4.23. The number of nitrogens with one attached hydrogen (secondary N) is 1. The fourth-order valence-corrected chi connectivity index (χ4v) is 2.51. The molecule has 3 N–H and O–H groups in total. The summed E-state index contributed by atoms with van der Waals surface area (Å²) in [6.45, 7) is 9.89. The van der Waals surface area contributed by atoms with Gasteiger partial charge in [-0.2, -0.15) is 0 Å². The predicted octanol–water partition coefficient (Wildman–Crippen LogP) is 3.00. The maximum Gasteiger partial charge on any atom is 0.223 e. The third-order valence-electron chi connectivity index (χ3n) is 4.23. The molecule has 6 heteroatoms. The molecule has 0 aliphatic heterocycles. The van der Waals surface area contributed by atoms with Crippen molar-refractivity contribution >= 4 is 24.2 Å². The van der Waals surface area contributed by atoms with Gasteiger partial charge in [0.05, 0.1) is 0 Å². The lowest BCUT2D eigenvalue weighted by molar-refractivity contribution is -0.133. The van der Waals surface area contributed by atoms with E-state index in [4.69, 9.17) is 5.73 Å². The van der Waals surface area contributed by atoms with Crippen LogP contribution in [-0.4, -0.2) is 36.3 Å². The number of rotatable bonds is 9. The van der Waals surface area contributed by atoms with E-state index < -0.39 is 0 Å². The molecular weight excluding hydrogens is 338 g/mol. The van der Waals surface area contributed by atoms with Crippen LogP contribution in [0.4, 0.5) is 0 Å². The highest BCUT2D eigenvalue weighted by atomic mass is 35.5. The number of hydrogen-bond donors (Lipinski definition) is 2. The average molecular weight is 370 g/mol. The summed E-state index contributed by atoms with van der Waals surface area (Å²) in [4.78, 5) is 25.5. The van der Waals surface area contributed by atoms with Gasteiger partial charge in [-0.05, 0) is 30.9 Å². The molecule has 0 radical (unpaired) electrons. The topological polar surface area (TPSA) is 75.4 Å². The maximum absolute atomic E-state index is 11.9. The van der Waals surface area contributed by atoms with Gasteiger partial charge >= 0.3 is 0 Å². The normalized spacial score (nSPS) is 11.6. The van der Waals surface area contributed by atoms with E-state index in [0.29, 0.717) is 25.6 Å². The summed E-state index contributed by atoms with van der Waals surface area (Å²) in [5.41, 5.74) is 8.39. The summed E-state index contributed by atoms with van der Waals surface area (Å²) in [5.74, 6) is 0.367. The number of nitrogens with two attached hydrogens (primary N) is 1. The second kappa shape index (κ2) is 11.9. The number of nitrogens with zero attached hydrogens (tertiary/aromatic N) is 1. The van der Waals surface area contributed by atoms with Gasteiger partial charge in [0, 0.05) is 38.5 Å². The average Bonchev–Trinajstić information content (AvgIpc) is 2.58. The Hall–Kier alpha value is -1.59. The van der Waals surface area contributed by atoms with Gasteiger partial charge in [0.1, 0.15) is 0 Å². The molecule has 0 heterocycles. The van der Waals surface area contributed by atoms with E-state index in [9.17, 15) is 9.59 Å². The van der Waals surface area contributed by atoms with E-state index in [-0.39, 0.29) is 43.1 Å². The number of benzene rings is 1. The van der Waals surface area contributed by atoms with E-state index in [1.54, 1.807) is 4.90 Å². The zero-order chi connectivity index (χ0) is 18.1. The molecule has 0 spiro atoms. The van der Waals surface area contributed by atoms with Crippen molar-refractivity contribution < 1.29 is 9.59 Å². The van der Waals surface area contributed by atoms with E-state index in [1.807, 2.05) is 26.0 Å². The van der Waals surface area contributed by atoms with Crippen molar-refractivity contribution in [1.29, 1.82) is 0 Å². The monoisotopic (exact) mass is 369 g/mol. The Labute approximate surface area is 157 Å². The fraction of sp³-hybridized carbons (Fsp3) is 0.579. The van der Waals surface area contributed by atoms with Crippen LogP contribution in [0.3, 0.4) is 0 Å². The Balaban J connectivity index is 0.00000576. The van der Waals surface area contributed by atoms with Gasteiger partial charge in [0.15, 0.2) is 0 Å². The standard InChI is InChI=1S/C19H31N3O2.ClH/c1-5-22(6-2)19(24)12-11-18(23)21-13-17(20)16-9-7-15(8-10-16)14(3)4;/h7-10,14,17H,5-6,11-13,20H2,1-4H3,(H,21,23);1H. The van der Waals surface area contributed by atoms with Crippen molar-refractivity contribution in [2.45, 2.75) is 52.5 Å². The molecule has 0 bridgehead atoms. The van der Waals surface area contributed by atoms with Gasteiger partial charge in [-0.3, -0.25) is 9.59 Å². The van der Waals surface area contributed by atoms with Gasteiger partial charge in [0.2, 0.25) is 11.8 Å². The van der Waals surface area contributed by atoms with E-state index in [2.05, 4.69) is 31.3 Å². The molecule has 142 valence electrons. The Morgan fingerprint density at radius 1 is 1.04 bits per heavy atom. The van der Waals surface area contributed by atoms with Crippen molar-refractivity contribution in [3.05, 3.63) is 35.4 Å². The second-order valence-electron chi connectivity index (χ2n) is 6.30. The lowest BCUT2D eigenvalue weighted by Crippen LogP contribution is -2.34. The first-order valence-corrected chi connectivity index (χ1v) is 8.78. The molecule has 25 heavy (non-hydrogen) atoms. The molecule has 1 aromatic carbocycles. The number of carbonyl (C=O) groups is 2. The van der Waals surface area contributed by atoms with Crippen LogP contribution in [0.1, 0.15) is 63.6 Å². The first-order valence-electron chi connectivity index (χ1n) is 8.78. The Morgan fingerprint density at radius 3 is 2.04 bits per heavy atom. The van der Waals surface area contributed by atoms with Gasteiger partial charge in [-0.15, -0.1) is 12.4 Å². The highest BCUT2D eigenvalue weighted by Gasteiger charge is 2.13. The molecular formula is C19H32ClN3O2. The van der Waals surface area contributed by atoms with Crippen LogP contribution < -0.4 is 11.1 Å². The van der Waals surface area contributed by atoms with Crippen LogP contribution in [0.2, 0.25) is 0 Å². The summed E-state index contributed by atoms with van der Waals surface area (Å²) >= 11 is 0. The lowest BCUT2D eigenvalue weighted by atomic mass is 9.99. The molecule has 1 rings (SSSR count). The Kier molecular flexibility index (Phi) is 11.1.